The minimum atomic E-state index is -0.692. The third kappa shape index (κ3) is 5.33. The lowest BCUT2D eigenvalue weighted by Gasteiger charge is -2.21. The van der Waals surface area contributed by atoms with Gasteiger partial charge >= 0.3 is 0 Å². The van der Waals surface area contributed by atoms with Gasteiger partial charge in [0.25, 0.3) is 11.8 Å². The number of para-hydroxylation sites is 1. The highest BCUT2D eigenvalue weighted by molar-refractivity contribution is 6.04. The van der Waals surface area contributed by atoms with Crippen molar-refractivity contribution in [1.29, 1.82) is 0 Å². The molecule has 0 aromatic heterocycles. The number of hydrogen-bond acceptors (Lipinski definition) is 3. The predicted molar refractivity (Wildman–Crippen MR) is 108 cm³/mol. The van der Waals surface area contributed by atoms with E-state index in [1.54, 1.807) is 36.1 Å². The van der Waals surface area contributed by atoms with Gasteiger partial charge in [-0.15, -0.1) is 0 Å². The molecule has 2 aromatic rings. The van der Waals surface area contributed by atoms with Crippen molar-refractivity contribution in [1.82, 2.24) is 4.90 Å². The van der Waals surface area contributed by atoms with Crippen LogP contribution in [0, 0.1) is 13.8 Å². The van der Waals surface area contributed by atoms with Gasteiger partial charge < -0.3 is 15.0 Å². The number of hydrogen-bond donors (Lipinski definition) is 1. The molecular formula is C22H28N2O3. The molecule has 1 N–H and O–H groups in total. The van der Waals surface area contributed by atoms with Gasteiger partial charge in [0.1, 0.15) is 5.75 Å². The van der Waals surface area contributed by atoms with E-state index in [4.69, 9.17) is 4.74 Å². The molecule has 0 bridgehead atoms. The molecule has 0 aliphatic rings. The molecule has 2 rings (SSSR count). The van der Waals surface area contributed by atoms with Gasteiger partial charge in [0.15, 0.2) is 6.10 Å². The Morgan fingerprint density at radius 3 is 2.22 bits per heavy atom. The summed E-state index contributed by atoms with van der Waals surface area (Å²) < 4.78 is 5.79. The van der Waals surface area contributed by atoms with Gasteiger partial charge in [-0.2, -0.15) is 0 Å². The lowest BCUT2D eigenvalue weighted by molar-refractivity contribution is -0.122. The summed E-state index contributed by atoms with van der Waals surface area (Å²) in [6, 6.07) is 12.9. The van der Waals surface area contributed by atoms with E-state index in [0.29, 0.717) is 30.1 Å². The van der Waals surface area contributed by atoms with Crippen molar-refractivity contribution in [2.75, 3.05) is 18.4 Å². The fourth-order valence-electron chi connectivity index (χ4n) is 2.95. The second-order valence-corrected chi connectivity index (χ2v) is 6.60. The largest absolute Gasteiger partial charge is 0.481 e. The molecule has 0 spiro atoms. The number of carbonyl (C=O) groups is 2. The fraction of sp³-hybridized carbons (Fsp3) is 0.364. The van der Waals surface area contributed by atoms with Gasteiger partial charge in [0.2, 0.25) is 0 Å². The number of ether oxygens (including phenoxy) is 1. The first-order valence-electron chi connectivity index (χ1n) is 9.29. The van der Waals surface area contributed by atoms with E-state index in [0.717, 1.165) is 11.1 Å². The topological polar surface area (TPSA) is 58.6 Å². The number of anilines is 1. The van der Waals surface area contributed by atoms with Gasteiger partial charge in [0, 0.05) is 13.1 Å². The van der Waals surface area contributed by atoms with E-state index < -0.39 is 6.10 Å². The van der Waals surface area contributed by atoms with Crippen molar-refractivity contribution in [3.05, 3.63) is 59.2 Å². The van der Waals surface area contributed by atoms with E-state index in [-0.39, 0.29) is 11.8 Å². The molecule has 27 heavy (non-hydrogen) atoms. The lowest BCUT2D eigenvalue weighted by Crippen LogP contribution is -2.33. The van der Waals surface area contributed by atoms with Crippen LogP contribution < -0.4 is 10.1 Å². The Kier molecular flexibility index (Phi) is 6.99. The van der Waals surface area contributed by atoms with Crippen molar-refractivity contribution in [3.63, 3.8) is 0 Å². The molecule has 0 aliphatic heterocycles. The van der Waals surface area contributed by atoms with Crippen molar-refractivity contribution in [2.45, 2.75) is 40.7 Å². The van der Waals surface area contributed by atoms with Gasteiger partial charge in [-0.1, -0.05) is 18.2 Å². The Balaban J connectivity index is 2.14. The molecule has 0 heterocycles. The second kappa shape index (κ2) is 9.21. The smallest absolute Gasteiger partial charge is 0.265 e. The van der Waals surface area contributed by atoms with Crippen LogP contribution in [0.5, 0.6) is 5.75 Å². The van der Waals surface area contributed by atoms with Crippen molar-refractivity contribution < 1.29 is 14.3 Å². The normalized spacial score (nSPS) is 11.6. The fourth-order valence-corrected chi connectivity index (χ4v) is 2.95. The highest BCUT2D eigenvalue weighted by Crippen LogP contribution is 2.20. The third-order valence-electron chi connectivity index (χ3n) is 4.34. The van der Waals surface area contributed by atoms with Crippen molar-refractivity contribution >= 4 is 17.5 Å². The lowest BCUT2D eigenvalue weighted by atomic mass is 10.1. The molecular weight excluding hydrogens is 340 g/mol. The van der Waals surface area contributed by atoms with Crippen LogP contribution in [-0.4, -0.2) is 35.9 Å². The molecule has 144 valence electrons. The molecule has 0 fully saturated rings. The van der Waals surface area contributed by atoms with E-state index in [9.17, 15) is 9.59 Å². The maximum atomic E-state index is 12.7. The first kappa shape index (κ1) is 20.5. The quantitative estimate of drug-likeness (QED) is 0.797. The van der Waals surface area contributed by atoms with Crippen LogP contribution >= 0.6 is 0 Å². The van der Waals surface area contributed by atoms with Crippen molar-refractivity contribution in [3.8, 4) is 5.75 Å². The summed E-state index contributed by atoms with van der Waals surface area (Å²) in [5.41, 5.74) is 3.13. The average Bonchev–Trinajstić information content (AvgIpc) is 2.62. The van der Waals surface area contributed by atoms with Gasteiger partial charge in [0.05, 0.1) is 11.3 Å². The minimum Gasteiger partial charge on any atom is -0.481 e. The summed E-state index contributed by atoms with van der Waals surface area (Å²) in [6.07, 6.45) is -0.692. The van der Waals surface area contributed by atoms with Crippen LogP contribution in [0.2, 0.25) is 0 Å². The zero-order valence-corrected chi connectivity index (χ0v) is 16.7. The molecule has 5 nitrogen and oxygen atoms in total. The van der Waals surface area contributed by atoms with E-state index >= 15 is 0 Å². The first-order chi connectivity index (χ1) is 12.8. The third-order valence-corrected chi connectivity index (χ3v) is 4.34. The number of benzene rings is 2. The molecule has 0 saturated carbocycles. The molecule has 1 atom stereocenters. The first-order valence-corrected chi connectivity index (χ1v) is 9.29. The summed E-state index contributed by atoms with van der Waals surface area (Å²) in [7, 11) is 0. The highest BCUT2D eigenvalue weighted by atomic mass is 16.5. The Morgan fingerprint density at radius 2 is 1.63 bits per heavy atom. The van der Waals surface area contributed by atoms with Crippen LogP contribution in [0.4, 0.5) is 5.69 Å². The Bertz CT molecular complexity index is 793. The molecule has 0 unspecified atom stereocenters. The summed E-state index contributed by atoms with van der Waals surface area (Å²) in [5.74, 6) is 0.260. The van der Waals surface area contributed by atoms with Crippen molar-refractivity contribution in [2.24, 2.45) is 0 Å². The van der Waals surface area contributed by atoms with Crippen LogP contribution in [0.1, 0.15) is 42.3 Å². The van der Waals surface area contributed by atoms with Gasteiger partial charge in [-0.25, -0.2) is 0 Å². The molecule has 0 aliphatic carbocycles. The highest BCUT2D eigenvalue weighted by Gasteiger charge is 2.20. The standard InChI is InChI=1S/C22H28N2O3/c1-6-24(7-2)22(26)19-10-8-9-11-20(19)23-21(25)17(5)27-18-13-15(3)12-16(4)14-18/h8-14,17H,6-7H2,1-5H3,(H,23,25)/t17-/m0/s1. The summed E-state index contributed by atoms with van der Waals surface area (Å²) in [5, 5.41) is 2.83. The second-order valence-electron chi connectivity index (χ2n) is 6.60. The number of nitrogens with zero attached hydrogens (tertiary/aromatic N) is 1. The summed E-state index contributed by atoms with van der Waals surface area (Å²) >= 11 is 0. The number of carbonyl (C=O) groups excluding carboxylic acids is 2. The molecule has 2 aromatic carbocycles. The number of aryl methyl sites for hydroxylation is 2. The summed E-state index contributed by atoms with van der Waals surface area (Å²) in [4.78, 5) is 27.0. The molecule has 0 saturated heterocycles. The average molecular weight is 368 g/mol. The zero-order chi connectivity index (χ0) is 20.0. The monoisotopic (exact) mass is 368 g/mol. The van der Waals surface area contributed by atoms with Crippen LogP contribution in [0.15, 0.2) is 42.5 Å². The van der Waals surface area contributed by atoms with E-state index in [1.165, 1.54) is 0 Å². The number of rotatable bonds is 7. The minimum absolute atomic E-state index is 0.0984. The van der Waals surface area contributed by atoms with Crippen LogP contribution in [0.3, 0.4) is 0 Å². The number of nitrogens with one attached hydrogen (secondary N) is 1. The SMILES string of the molecule is CCN(CC)C(=O)c1ccccc1NC(=O)[C@H](C)Oc1cc(C)cc(C)c1. The maximum Gasteiger partial charge on any atom is 0.265 e. The Morgan fingerprint density at radius 1 is 1.04 bits per heavy atom. The molecule has 5 heteroatoms. The van der Waals surface area contributed by atoms with E-state index in [1.807, 2.05) is 45.9 Å². The Hall–Kier alpha value is -2.82. The summed E-state index contributed by atoms with van der Waals surface area (Å²) in [6.45, 7) is 10.8. The number of amides is 2. The van der Waals surface area contributed by atoms with Gasteiger partial charge in [-0.05, 0) is 70.0 Å². The van der Waals surface area contributed by atoms with E-state index in [2.05, 4.69) is 5.32 Å². The van der Waals surface area contributed by atoms with Crippen LogP contribution in [0.25, 0.3) is 0 Å². The maximum absolute atomic E-state index is 12.7. The predicted octanol–water partition coefficient (Wildman–Crippen LogP) is 4.19. The Labute approximate surface area is 161 Å². The van der Waals surface area contributed by atoms with Gasteiger partial charge in [-0.3, -0.25) is 9.59 Å². The molecule has 2 amide bonds. The van der Waals surface area contributed by atoms with Crippen LogP contribution in [-0.2, 0) is 4.79 Å². The zero-order valence-electron chi connectivity index (χ0n) is 16.7. The molecule has 0 radical (unpaired) electrons.